The Bertz CT molecular complexity index is 923. The van der Waals surface area contributed by atoms with E-state index < -0.39 is 28.5 Å². The molecule has 1 unspecified atom stereocenters. The molecule has 30 heavy (non-hydrogen) atoms. The van der Waals surface area contributed by atoms with Crippen LogP contribution >= 0.6 is 0 Å². The molecule has 1 aliphatic heterocycles. The molecule has 0 saturated carbocycles. The van der Waals surface area contributed by atoms with E-state index in [9.17, 15) is 22.2 Å². The van der Waals surface area contributed by atoms with Gasteiger partial charge in [-0.1, -0.05) is 42.5 Å². The van der Waals surface area contributed by atoms with Crippen LogP contribution in [0, 0.1) is 0 Å². The number of ether oxygens (including phenoxy) is 1. The summed E-state index contributed by atoms with van der Waals surface area (Å²) in [7, 11) is -1.08. The number of anilines is 1. The van der Waals surface area contributed by atoms with Gasteiger partial charge in [-0.3, -0.25) is 9.00 Å². The minimum atomic E-state index is -4.67. The summed E-state index contributed by atoms with van der Waals surface area (Å²) in [6.45, 7) is 1.20. The van der Waals surface area contributed by atoms with Crippen LogP contribution < -0.4 is 5.32 Å². The lowest BCUT2D eigenvalue weighted by atomic mass is 10.1. The van der Waals surface area contributed by atoms with Crippen LogP contribution in [0.5, 0.6) is 0 Å². The highest BCUT2D eigenvalue weighted by molar-refractivity contribution is 7.84. The van der Waals surface area contributed by atoms with E-state index in [1.165, 1.54) is 24.3 Å². The van der Waals surface area contributed by atoms with Gasteiger partial charge < -0.3 is 10.1 Å². The molecule has 1 atom stereocenters. The number of nitrogens with one attached hydrogen (secondary N) is 1. The third kappa shape index (κ3) is 6.27. The van der Waals surface area contributed by atoms with Gasteiger partial charge in [-0.15, -0.1) is 0 Å². The first-order valence-corrected chi connectivity index (χ1v) is 10.9. The van der Waals surface area contributed by atoms with Crippen molar-refractivity contribution in [2.75, 3.05) is 18.5 Å². The number of carbonyl (C=O) groups is 1. The van der Waals surface area contributed by atoms with Gasteiger partial charge in [0.1, 0.15) is 0 Å². The number of rotatable bonds is 6. The Morgan fingerprint density at radius 2 is 1.80 bits per heavy atom. The van der Waals surface area contributed by atoms with E-state index in [1.807, 2.05) is 0 Å². The molecular formula is C22H22F3NO3S. The first kappa shape index (κ1) is 22.2. The zero-order chi connectivity index (χ0) is 21.6. The van der Waals surface area contributed by atoms with Crippen LogP contribution in [-0.2, 0) is 26.1 Å². The average Bonchev–Trinajstić information content (AvgIpc) is 2.73. The quantitative estimate of drug-likeness (QED) is 0.667. The number of carbonyl (C=O) groups excluding carboxylic acids is 1. The molecule has 0 bridgehead atoms. The van der Waals surface area contributed by atoms with Crippen LogP contribution in [0.15, 0.2) is 60.7 Å². The van der Waals surface area contributed by atoms with Crippen molar-refractivity contribution in [3.05, 3.63) is 71.8 Å². The second kappa shape index (κ2) is 10.0. The average molecular weight is 437 g/mol. The molecule has 1 saturated heterocycles. The molecule has 0 radical (unpaired) electrons. The molecule has 0 spiro atoms. The molecule has 2 aromatic rings. The number of hydrogen-bond acceptors (Lipinski definition) is 3. The van der Waals surface area contributed by atoms with E-state index in [0.717, 1.165) is 18.4 Å². The monoisotopic (exact) mass is 437 g/mol. The van der Waals surface area contributed by atoms with Crippen molar-refractivity contribution in [3.8, 4) is 0 Å². The van der Waals surface area contributed by atoms with Gasteiger partial charge in [-0.05, 0) is 36.1 Å². The van der Waals surface area contributed by atoms with E-state index in [1.54, 1.807) is 30.3 Å². The highest BCUT2D eigenvalue weighted by Gasteiger charge is 2.35. The predicted octanol–water partition coefficient (Wildman–Crippen LogP) is 4.70. The summed E-state index contributed by atoms with van der Waals surface area (Å²) < 4.78 is 58.0. The van der Waals surface area contributed by atoms with Crippen molar-refractivity contribution in [1.29, 1.82) is 0 Å². The lowest BCUT2D eigenvalue weighted by molar-refractivity contribution is -0.112. The molecule has 1 fully saturated rings. The molecule has 1 aliphatic rings. The molecular weight excluding hydrogens is 415 g/mol. The molecule has 160 valence electrons. The van der Waals surface area contributed by atoms with E-state index in [-0.39, 0.29) is 10.8 Å². The largest absolute Gasteiger partial charge is 0.417 e. The highest BCUT2D eigenvalue weighted by Crippen LogP contribution is 2.33. The lowest BCUT2D eigenvalue weighted by Crippen LogP contribution is -2.25. The van der Waals surface area contributed by atoms with Gasteiger partial charge in [0.2, 0.25) is 5.91 Å². The van der Waals surface area contributed by atoms with E-state index in [0.29, 0.717) is 30.7 Å². The minimum absolute atomic E-state index is 0.0696. The standard InChI is InChI=1S/C22H22F3NO3S/c23-22(24,25)20(17-6-2-1-3-7-17)14-21(27)26-18-8-4-5-16(13-18)15-30(28)19-9-11-29-12-10-19/h1-8,13-14,19H,9-12,15H2,(H,26,27)/b20-14+. The van der Waals surface area contributed by atoms with Crippen LogP contribution in [0.25, 0.3) is 5.57 Å². The second-order valence-electron chi connectivity index (χ2n) is 6.95. The summed E-state index contributed by atoms with van der Waals surface area (Å²) in [6, 6.07) is 13.9. The molecule has 0 aromatic heterocycles. The number of amides is 1. The van der Waals surface area contributed by atoms with Gasteiger partial charge in [0.15, 0.2) is 0 Å². The van der Waals surface area contributed by atoms with Crippen LogP contribution in [0.1, 0.15) is 24.0 Å². The minimum Gasteiger partial charge on any atom is -0.381 e. The first-order valence-electron chi connectivity index (χ1n) is 9.52. The molecule has 4 nitrogen and oxygen atoms in total. The van der Waals surface area contributed by atoms with Crippen molar-refractivity contribution < 1.29 is 26.9 Å². The van der Waals surface area contributed by atoms with E-state index in [4.69, 9.17) is 4.74 Å². The topological polar surface area (TPSA) is 55.4 Å². The Morgan fingerprint density at radius 3 is 2.47 bits per heavy atom. The number of hydrogen-bond donors (Lipinski definition) is 1. The lowest BCUT2D eigenvalue weighted by Gasteiger charge is -2.21. The molecule has 2 aromatic carbocycles. The zero-order valence-corrected chi connectivity index (χ0v) is 17.0. The summed E-state index contributed by atoms with van der Waals surface area (Å²) >= 11 is 0. The van der Waals surface area contributed by atoms with Crippen LogP contribution in [0.2, 0.25) is 0 Å². The maximum atomic E-state index is 13.4. The maximum absolute atomic E-state index is 13.4. The number of benzene rings is 2. The van der Waals surface area contributed by atoms with Crippen molar-refractivity contribution in [1.82, 2.24) is 0 Å². The molecule has 1 N–H and O–H groups in total. The Kier molecular flexibility index (Phi) is 7.44. The van der Waals surface area contributed by atoms with Gasteiger partial charge >= 0.3 is 6.18 Å². The fourth-order valence-electron chi connectivity index (χ4n) is 3.22. The van der Waals surface area contributed by atoms with Crippen molar-refractivity contribution in [3.63, 3.8) is 0 Å². The Labute approximate surface area is 175 Å². The summed E-state index contributed by atoms with van der Waals surface area (Å²) in [6.07, 6.45) is -2.62. The van der Waals surface area contributed by atoms with Gasteiger partial charge in [-0.2, -0.15) is 13.2 Å². The Morgan fingerprint density at radius 1 is 1.10 bits per heavy atom. The highest BCUT2D eigenvalue weighted by atomic mass is 32.2. The summed E-state index contributed by atoms with van der Waals surface area (Å²) in [5.41, 5.74) is 0.00570. The van der Waals surface area contributed by atoms with Crippen LogP contribution in [0.3, 0.4) is 0 Å². The molecule has 1 heterocycles. The van der Waals surface area contributed by atoms with Gasteiger partial charge in [-0.25, -0.2) is 0 Å². The maximum Gasteiger partial charge on any atom is 0.417 e. The molecule has 0 aliphatic carbocycles. The van der Waals surface area contributed by atoms with Crippen molar-refractivity contribution >= 4 is 28.0 Å². The molecule has 1 amide bonds. The SMILES string of the molecule is O=C(/C=C(\c1ccccc1)C(F)(F)F)Nc1cccc(CS(=O)C2CCOCC2)c1. The van der Waals surface area contributed by atoms with Crippen LogP contribution in [0.4, 0.5) is 18.9 Å². The van der Waals surface area contributed by atoms with E-state index in [2.05, 4.69) is 5.32 Å². The molecule has 8 heteroatoms. The van der Waals surface area contributed by atoms with E-state index >= 15 is 0 Å². The smallest absolute Gasteiger partial charge is 0.381 e. The molecule has 3 rings (SSSR count). The normalized spacial score (nSPS) is 16.8. The fourth-order valence-corrected chi connectivity index (χ4v) is 4.68. The van der Waals surface area contributed by atoms with Gasteiger partial charge in [0, 0.05) is 46.8 Å². The van der Waals surface area contributed by atoms with Gasteiger partial charge in [0.25, 0.3) is 0 Å². The third-order valence-corrected chi connectivity index (χ3v) is 6.54. The fraction of sp³-hybridized carbons (Fsp3) is 0.318. The zero-order valence-electron chi connectivity index (χ0n) is 16.2. The van der Waals surface area contributed by atoms with Crippen molar-refractivity contribution in [2.24, 2.45) is 0 Å². The number of allylic oxidation sites excluding steroid dienone is 1. The van der Waals surface area contributed by atoms with Crippen LogP contribution in [-0.4, -0.2) is 34.8 Å². The van der Waals surface area contributed by atoms with Gasteiger partial charge in [0.05, 0.1) is 5.57 Å². The number of alkyl halides is 3. The third-order valence-electron chi connectivity index (χ3n) is 4.71. The van der Waals surface area contributed by atoms with Crippen molar-refractivity contribution in [2.45, 2.75) is 30.0 Å². The first-order chi connectivity index (χ1) is 14.3. The predicted molar refractivity (Wildman–Crippen MR) is 111 cm³/mol. The summed E-state index contributed by atoms with van der Waals surface area (Å²) in [4.78, 5) is 12.3. The Hall–Kier alpha value is -2.45. The second-order valence-corrected chi connectivity index (χ2v) is 8.67. The summed E-state index contributed by atoms with van der Waals surface area (Å²) in [5, 5.41) is 2.54. The Balaban J connectivity index is 1.71. The summed E-state index contributed by atoms with van der Waals surface area (Å²) in [5.74, 6) is -0.559. The number of halogens is 3.